The van der Waals surface area contributed by atoms with E-state index in [-0.39, 0.29) is 0 Å². The summed E-state index contributed by atoms with van der Waals surface area (Å²) in [6.45, 7) is 5.13. The van der Waals surface area contributed by atoms with Gasteiger partial charge in [0.15, 0.2) is 0 Å². The zero-order chi connectivity index (χ0) is 12.9. The summed E-state index contributed by atoms with van der Waals surface area (Å²) >= 11 is 0. The van der Waals surface area contributed by atoms with E-state index in [2.05, 4.69) is 10.2 Å². The molecule has 0 aliphatic heterocycles. The molecule has 0 aromatic rings. The minimum Gasteiger partial charge on any atom is -0.444 e. The summed E-state index contributed by atoms with van der Waals surface area (Å²) in [6.07, 6.45) is -0.752. The lowest BCUT2D eigenvalue weighted by Crippen LogP contribution is -2.48. The van der Waals surface area contributed by atoms with Crippen molar-refractivity contribution in [1.29, 1.82) is 0 Å². The summed E-state index contributed by atoms with van der Waals surface area (Å²) in [4.78, 5) is 27.3. The van der Waals surface area contributed by atoms with E-state index in [0.29, 0.717) is 0 Å². The summed E-state index contributed by atoms with van der Waals surface area (Å²) in [6, 6.07) is 0. The molecule has 0 saturated heterocycles. The molecule has 0 aliphatic carbocycles. The standard InChI is InChI=1S/C9H17BN2O4/c1-9(2,3)16-8(14)11-6(10)7(13)12(4)15-5/h6H,1-5H3,(H,11,14)/t6-/m1/s1. The Labute approximate surface area is 96.6 Å². The highest BCUT2D eigenvalue weighted by Gasteiger charge is 2.22. The van der Waals surface area contributed by atoms with Gasteiger partial charge in [-0.05, 0) is 20.8 Å². The van der Waals surface area contributed by atoms with Gasteiger partial charge in [-0.1, -0.05) is 0 Å². The Morgan fingerprint density at radius 1 is 1.38 bits per heavy atom. The number of alkyl carbamates (subject to hydrolysis) is 1. The third-order valence-corrected chi connectivity index (χ3v) is 1.52. The average Bonchev–Trinajstić information content (AvgIpc) is 2.12. The van der Waals surface area contributed by atoms with Gasteiger partial charge in [-0.3, -0.25) is 9.63 Å². The van der Waals surface area contributed by atoms with Crippen molar-refractivity contribution in [2.24, 2.45) is 0 Å². The smallest absolute Gasteiger partial charge is 0.407 e. The third-order valence-electron chi connectivity index (χ3n) is 1.52. The summed E-state index contributed by atoms with van der Waals surface area (Å²) in [5, 5.41) is 3.12. The van der Waals surface area contributed by atoms with Gasteiger partial charge in [-0.2, -0.15) is 0 Å². The van der Waals surface area contributed by atoms with Crippen LogP contribution in [-0.2, 0) is 14.4 Å². The Bertz CT molecular complexity index is 265. The van der Waals surface area contributed by atoms with Gasteiger partial charge in [-0.15, -0.1) is 0 Å². The maximum atomic E-state index is 11.4. The van der Waals surface area contributed by atoms with Crippen LogP contribution in [0.1, 0.15) is 20.8 Å². The molecule has 7 heteroatoms. The number of hydrogen-bond donors (Lipinski definition) is 1. The highest BCUT2D eigenvalue weighted by Crippen LogP contribution is 2.06. The topological polar surface area (TPSA) is 67.9 Å². The second kappa shape index (κ2) is 5.74. The van der Waals surface area contributed by atoms with Gasteiger partial charge in [0.25, 0.3) is 5.91 Å². The molecule has 0 aliphatic rings. The molecule has 16 heavy (non-hydrogen) atoms. The molecule has 0 heterocycles. The summed E-state index contributed by atoms with van der Waals surface area (Å²) in [7, 11) is 8.14. The van der Waals surface area contributed by atoms with Gasteiger partial charge < -0.3 is 10.1 Å². The molecule has 90 valence electrons. The number of likely N-dealkylation sites (N-methyl/N-ethyl adjacent to an activating group) is 1. The number of carbonyl (C=O) groups excluding carboxylic acids is 2. The lowest BCUT2D eigenvalue weighted by molar-refractivity contribution is -0.168. The predicted octanol–water partition coefficient (Wildman–Crippen LogP) is 0.0255. The first-order valence-electron chi connectivity index (χ1n) is 4.74. The Hall–Kier alpha value is -1.24. The molecule has 0 fully saturated rings. The van der Waals surface area contributed by atoms with Crippen LogP contribution in [0.3, 0.4) is 0 Å². The van der Waals surface area contributed by atoms with E-state index in [0.717, 1.165) is 5.06 Å². The monoisotopic (exact) mass is 228 g/mol. The van der Waals surface area contributed by atoms with Crippen LogP contribution < -0.4 is 5.32 Å². The van der Waals surface area contributed by atoms with Crippen LogP contribution in [0.15, 0.2) is 0 Å². The van der Waals surface area contributed by atoms with Gasteiger partial charge >= 0.3 is 6.09 Å². The molecule has 0 unspecified atom stereocenters. The molecular weight excluding hydrogens is 211 g/mol. The van der Waals surface area contributed by atoms with Crippen LogP contribution in [0.25, 0.3) is 0 Å². The summed E-state index contributed by atoms with van der Waals surface area (Å²) in [5.74, 6) is -1.77. The van der Waals surface area contributed by atoms with E-state index in [1.54, 1.807) is 20.8 Å². The Morgan fingerprint density at radius 3 is 2.25 bits per heavy atom. The molecular formula is C9H17BN2O4. The van der Waals surface area contributed by atoms with Crippen molar-refractivity contribution in [2.75, 3.05) is 14.2 Å². The first-order valence-corrected chi connectivity index (χ1v) is 4.74. The largest absolute Gasteiger partial charge is 0.444 e. The number of carbonyl (C=O) groups is 2. The molecule has 0 saturated carbocycles. The van der Waals surface area contributed by atoms with E-state index in [1.165, 1.54) is 14.2 Å². The number of hydroxylamine groups is 2. The normalized spacial score (nSPS) is 12.8. The molecule has 2 radical (unpaired) electrons. The fourth-order valence-corrected chi connectivity index (χ4v) is 0.782. The van der Waals surface area contributed by atoms with E-state index in [4.69, 9.17) is 12.6 Å². The van der Waals surface area contributed by atoms with Crippen molar-refractivity contribution >= 4 is 19.8 Å². The predicted molar refractivity (Wildman–Crippen MR) is 58.7 cm³/mol. The highest BCUT2D eigenvalue weighted by molar-refractivity contribution is 6.24. The van der Waals surface area contributed by atoms with E-state index in [1.807, 2.05) is 0 Å². The Morgan fingerprint density at radius 2 is 1.88 bits per heavy atom. The lowest BCUT2D eigenvalue weighted by Gasteiger charge is -2.23. The molecule has 0 aromatic heterocycles. The van der Waals surface area contributed by atoms with Crippen LogP contribution in [0.2, 0.25) is 0 Å². The third kappa shape index (κ3) is 5.60. The first-order chi connectivity index (χ1) is 7.17. The van der Waals surface area contributed by atoms with Crippen LogP contribution in [0, 0.1) is 0 Å². The summed E-state index contributed by atoms with van der Waals surface area (Å²) in [5.41, 5.74) is -0.639. The molecule has 0 bridgehead atoms. The quantitative estimate of drug-likeness (QED) is 0.546. The molecule has 1 N–H and O–H groups in total. The molecule has 0 aromatic carbocycles. The van der Waals surface area contributed by atoms with E-state index < -0.39 is 23.5 Å². The fourth-order valence-electron chi connectivity index (χ4n) is 0.782. The second-order valence-electron chi connectivity index (χ2n) is 4.14. The van der Waals surface area contributed by atoms with Crippen molar-refractivity contribution in [2.45, 2.75) is 32.3 Å². The Kier molecular flexibility index (Phi) is 5.30. The van der Waals surface area contributed by atoms with Gasteiger partial charge in [-0.25, -0.2) is 9.86 Å². The van der Waals surface area contributed by atoms with Gasteiger partial charge in [0, 0.05) is 7.05 Å². The van der Waals surface area contributed by atoms with E-state index >= 15 is 0 Å². The van der Waals surface area contributed by atoms with Crippen LogP contribution in [0.5, 0.6) is 0 Å². The van der Waals surface area contributed by atoms with Crippen LogP contribution in [-0.4, -0.2) is 50.6 Å². The number of ether oxygens (including phenoxy) is 1. The maximum Gasteiger partial charge on any atom is 0.407 e. The first kappa shape index (κ1) is 14.8. The number of hydrogen-bond acceptors (Lipinski definition) is 4. The minimum absolute atomic E-state index is 0.576. The van der Waals surface area contributed by atoms with Crippen molar-refractivity contribution in [3.63, 3.8) is 0 Å². The van der Waals surface area contributed by atoms with Crippen molar-refractivity contribution < 1.29 is 19.2 Å². The number of amides is 2. The summed E-state index contributed by atoms with van der Waals surface area (Å²) < 4.78 is 4.93. The average molecular weight is 228 g/mol. The molecule has 2 amide bonds. The molecule has 1 atom stereocenters. The van der Waals surface area contributed by atoms with Crippen molar-refractivity contribution in [3.05, 3.63) is 0 Å². The molecule has 0 spiro atoms. The van der Waals surface area contributed by atoms with Crippen molar-refractivity contribution in [1.82, 2.24) is 10.4 Å². The zero-order valence-electron chi connectivity index (χ0n) is 10.2. The van der Waals surface area contributed by atoms with E-state index in [9.17, 15) is 9.59 Å². The van der Waals surface area contributed by atoms with Gasteiger partial charge in [0.05, 0.1) is 13.1 Å². The maximum absolute atomic E-state index is 11.4. The minimum atomic E-state index is -1.19. The lowest BCUT2D eigenvalue weighted by atomic mass is 9.96. The molecule has 6 nitrogen and oxygen atoms in total. The van der Waals surface area contributed by atoms with Gasteiger partial charge in [0.1, 0.15) is 13.4 Å². The SMILES string of the molecule is [B][C@H](NC(=O)OC(C)(C)C)C(=O)N(C)OC. The van der Waals surface area contributed by atoms with Crippen LogP contribution >= 0.6 is 0 Å². The van der Waals surface area contributed by atoms with Gasteiger partial charge in [0.2, 0.25) is 0 Å². The second-order valence-corrected chi connectivity index (χ2v) is 4.14. The number of nitrogens with one attached hydrogen (secondary N) is 1. The highest BCUT2D eigenvalue weighted by atomic mass is 16.7. The zero-order valence-corrected chi connectivity index (χ0v) is 10.2. The number of rotatable bonds is 3. The fraction of sp³-hybridized carbons (Fsp3) is 0.778. The Balaban J connectivity index is 4.20. The van der Waals surface area contributed by atoms with Crippen molar-refractivity contribution in [3.8, 4) is 0 Å². The number of nitrogens with zero attached hydrogens (tertiary/aromatic N) is 1. The molecule has 0 rings (SSSR count). The van der Waals surface area contributed by atoms with Crippen LogP contribution in [0.4, 0.5) is 4.79 Å².